The van der Waals surface area contributed by atoms with E-state index in [1.54, 1.807) is 0 Å². The van der Waals surface area contributed by atoms with E-state index in [2.05, 4.69) is 4.74 Å². The number of hydrogen-bond donors (Lipinski definition) is 0. The van der Waals surface area contributed by atoms with Crippen LogP contribution in [0.25, 0.3) is 0 Å². The molecule has 1 aliphatic heterocycles. The van der Waals surface area contributed by atoms with Gasteiger partial charge in [-0.15, -0.1) is 0 Å². The summed E-state index contributed by atoms with van der Waals surface area (Å²) in [6.45, 7) is 0.860. The zero-order valence-electron chi connectivity index (χ0n) is 11.7. The Labute approximate surface area is 123 Å². The molecule has 1 fully saturated rings. The Bertz CT molecular complexity index is 620. The Morgan fingerprint density at radius 1 is 1.38 bits per heavy atom. The molecule has 0 aromatic heterocycles. The summed E-state index contributed by atoms with van der Waals surface area (Å²) in [5, 5.41) is -0.449. The van der Waals surface area contributed by atoms with Crippen molar-refractivity contribution in [1.29, 1.82) is 0 Å². The molecule has 21 heavy (non-hydrogen) atoms. The first-order valence-electron chi connectivity index (χ1n) is 6.60. The number of carbonyl (C=O) groups excluding carboxylic acids is 1. The number of halogens is 1. The topological polar surface area (TPSA) is 69.7 Å². The van der Waals surface area contributed by atoms with Crippen molar-refractivity contribution in [2.75, 3.05) is 20.3 Å². The van der Waals surface area contributed by atoms with E-state index in [1.807, 2.05) is 0 Å². The first-order valence-corrected chi connectivity index (χ1v) is 8.31. The average Bonchev–Trinajstić information content (AvgIpc) is 2.47. The summed E-state index contributed by atoms with van der Waals surface area (Å²) in [7, 11) is -2.20. The van der Waals surface area contributed by atoms with Crippen LogP contribution in [0.2, 0.25) is 0 Å². The van der Waals surface area contributed by atoms with Gasteiger partial charge in [-0.1, -0.05) is 6.07 Å². The standard InChI is InChI=1S/C14H17FO5S/c1-19-14(16)12-3-2-10(8-13(12)15)9-21(17,18)11-4-6-20-7-5-11/h2-3,8,11H,4-7,9H2,1H3. The lowest BCUT2D eigenvalue weighted by Gasteiger charge is -2.22. The van der Waals surface area contributed by atoms with E-state index >= 15 is 0 Å². The summed E-state index contributed by atoms with van der Waals surface area (Å²) in [6.07, 6.45) is 0.927. The molecule has 1 aromatic carbocycles. The molecule has 0 unspecified atom stereocenters. The molecule has 0 N–H and O–H groups in total. The second-order valence-electron chi connectivity index (χ2n) is 4.92. The Hall–Kier alpha value is -1.47. The third-order valence-electron chi connectivity index (χ3n) is 3.48. The Morgan fingerprint density at radius 3 is 2.62 bits per heavy atom. The van der Waals surface area contributed by atoms with Gasteiger partial charge in [0.1, 0.15) is 5.82 Å². The number of methoxy groups -OCH3 is 1. The monoisotopic (exact) mass is 316 g/mol. The summed E-state index contributed by atoms with van der Waals surface area (Å²) in [5.41, 5.74) is 0.122. The fraction of sp³-hybridized carbons (Fsp3) is 0.500. The fourth-order valence-corrected chi connectivity index (χ4v) is 4.10. The van der Waals surface area contributed by atoms with Crippen molar-refractivity contribution >= 4 is 15.8 Å². The normalized spacial score (nSPS) is 16.7. The molecule has 0 atom stereocenters. The number of ether oxygens (including phenoxy) is 2. The van der Waals surface area contributed by atoms with E-state index in [0.29, 0.717) is 31.6 Å². The highest BCUT2D eigenvalue weighted by Gasteiger charge is 2.28. The van der Waals surface area contributed by atoms with Gasteiger partial charge in [0.25, 0.3) is 0 Å². The molecule has 1 aliphatic rings. The van der Waals surface area contributed by atoms with Crippen molar-refractivity contribution in [2.24, 2.45) is 0 Å². The number of hydrogen-bond acceptors (Lipinski definition) is 5. The van der Waals surface area contributed by atoms with Crippen molar-refractivity contribution in [3.05, 3.63) is 35.1 Å². The van der Waals surface area contributed by atoms with Crippen molar-refractivity contribution in [1.82, 2.24) is 0 Å². The average molecular weight is 316 g/mol. The zero-order chi connectivity index (χ0) is 15.5. The molecule has 1 heterocycles. The van der Waals surface area contributed by atoms with Crippen LogP contribution in [0.3, 0.4) is 0 Å². The maximum atomic E-state index is 13.8. The molecule has 0 spiro atoms. The number of esters is 1. The van der Waals surface area contributed by atoms with Crippen molar-refractivity contribution in [2.45, 2.75) is 23.8 Å². The van der Waals surface area contributed by atoms with Gasteiger partial charge in [-0.25, -0.2) is 17.6 Å². The van der Waals surface area contributed by atoms with E-state index in [4.69, 9.17) is 4.74 Å². The van der Waals surface area contributed by atoms with Crippen LogP contribution >= 0.6 is 0 Å². The van der Waals surface area contributed by atoms with Crippen LogP contribution < -0.4 is 0 Å². The van der Waals surface area contributed by atoms with Crippen molar-refractivity contribution < 1.29 is 27.1 Å². The second kappa shape index (κ2) is 6.53. The van der Waals surface area contributed by atoms with Gasteiger partial charge in [0.2, 0.25) is 0 Å². The van der Waals surface area contributed by atoms with E-state index in [1.165, 1.54) is 12.1 Å². The molecule has 5 nitrogen and oxygen atoms in total. The molecule has 0 bridgehead atoms. The van der Waals surface area contributed by atoms with Crippen LogP contribution in [0.5, 0.6) is 0 Å². The minimum Gasteiger partial charge on any atom is -0.465 e. The van der Waals surface area contributed by atoms with Gasteiger partial charge in [0.15, 0.2) is 9.84 Å². The summed E-state index contributed by atoms with van der Waals surface area (Å²) in [4.78, 5) is 11.3. The lowest BCUT2D eigenvalue weighted by Crippen LogP contribution is -2.29. The first kappa shape index (κ1) is 15.9. The maximum absolute atomic E-state index is 13.8. The van der Waals surface area contributed by atoms with Gasteiger partial charge in [-0.05, 0) is 30.5 Å². The van der Waals surface area contributed by atoms with Gasteiger partial charge in [-0.2, -0.15) is 0 Å². The van der Waals surface area contributed by atoms with E-state index in [-0.39, 0.29) is 11.3 Å². The van der Waals surface area contributed by atoms with Crippen LogP contribution in [-0.2, 0) is 25.1 Å². The second-order valence-corrected chi connectivity index (χ2v) is 7.21. The van der Waals surface area contributed by atoms with Crippen LogP contribution in [0.1, 0.15) is 28.8 Å². The van der Waals surface area contributed by atoms with Crippen LogP contribution in [0, 0.1) is 5.82 Å². The predicted octanol–water partition coefficient (Wildman–Crippen LogP) is 1.71. The minimum absolute atomic E-state index is 0.204. The summed E-state index contributed by atoms with van der Waals surface area (Å²) in [5.74, 6) is -1.80. The lowest BCUT2D eigenvalue weighted by molar-refractivity contribution is 0.0595. The van der Waals surface area contributed by atoms with Crippen molar-refractivity contribution in [3.8, 4) is 0 Å². The fourth-order valence-electron chi connectivity index (χ4n) is 2.31. The summed E-state index contributed by atoms with van der Waals surface area (Å²) >= 11 is 0. The molecule has 1 saturated heterocycles. The highest BCUT2D eigenvalue weighted by atomic mass is 32.2. The Kier molecular flexibility index (Phi) is 4.95. The SMILES string of the molecule is COC(=O)c1ccc(CS(=O)(=O)C2CCOCC2)cc1F. The molecule has 0 aliphatic carbocycles. The van der Waals surface area contributed by atoms with Crippen LogP contribution in [-0.4, -0.2) is 40.0 Å². The third kappa shape index (κ3) is 3.79. The van der Waals surface area contributed by atoms with Gasteiger partial charge in [0.05, 0.1) is 23.7 Å². The van der Waals surface area contributed by atoms with E-state index in [0.717, 1.165) is 13.2 Å². The smallest absolute Gasteiger partial charge is 0.340 e. The lowest BCUT2D eigenvalue weighted by atomic mass is 10.1. The van der Waals surface area contributed by atoms with Crippen LogP contribution in [0.15, 0.2) is 18.2 Å². The van der Waals surface area contributed by atoms with E-state index < -0.39 is 26.9 Å². The van der Waals surface area contributed by atoms with Gasteiger partial charge in [-0.3, -0.25) is 0 Å². The van der Waals surface area contributed by atoms with Crippen LogP contribution in [0.4, 0.5) is 4.39 Å². The molecular weight excluding hydrogens is 299 g/mol. The van der Waals surface area contributed by atoms with E-state index in [9.17, 15) is 17.6 Å². The van der Waals surface area contributed by atoms with Gasteiger partial charge in [0, 0.05) is 13.2 Å². The Balaban J connectivity index is 2.16. The molecule has 1 aromatic rings. The molecular formula is C14H17FO5S. The largest absolute Gasteiger partial charge is 0.465 e. The molecule has 2 rings (SSSR count). The van der Waals surface area contributed by atoms with Gasteiger partial charge >= 0.3 is 5.97 Å². The molecule has 116 valence electrons. The molecule has 0 amide bonds. The maximum Gasteiger partial charge on any atom is 0.340 e. The highest BCUT2D eigenvalue weighted by Crippen LogP contribution is 2.21. The summed E-state index contributed by atoms with van der Waals surface area (Å²) < 4.78 is 47.9. The third-order valence-corrected chi connectivity index (χ3v) is 5.71. The summed E-state index contributed by atoms with van der Waals surface area (Å²) in [6, 6.07) is 3.76. The highest BCUT2D eigenvalue weighted by molar-refractivity contribution is 7.91. The molecule has 7 heteroatoms. The quantitative estimate of drug-likeness (QED) is 0.791. The number of rotatable bonds is 4. The minimum atomic E-state index is -3.35. The van der Waals surface area contributed by atoms with Gasteiger partial charge < -0.3 is 9.47 Å². The molecule has 0 saturated carbocycles. The number of carbonyl (C=O) groups is 1. The van der Waals surface area contributed by atoms with Crippen molar-refractivity contribution in [3.63, 3.8) is 0 Å². The predicted molar refractivity (Wildman–Crippen MR) is 74.2 cm³/mol. The number of sulfone groups is 1. The Morgan fingerprint density at radius 2 is 2.05 bits per heavy atom. The first-order chi connectivity index (χ1) is 9.94. The zero-order valence-corrected chi connectivity index (χ0v) is 12.5. The number of benzene rings is 1. The molecule has 0 radical (unpaired) electrons.